The van der Waals surface area contributed by atoms with E-state index in [1.54, 1.807) is 22.5 Å². The van der Waals surface area contributed by atoms with Crippen LogP contribution in [0.15, 0.2) is 65.7 Å². The van der Waals surface area contributed by atoms with Crippen molar-refractivity contribution in [1.29, 1.82) is 0 Å². The Morgan fingerprint density at radius 2 is 1.83 bits per heavy atom. The molecule has 3 aromatic rings. The van der Waals surface area contributed by atoms with Crippen molar-refractivity contribution in [2.75, 3.05) is 18.4 Å². The summed E-state index contributed by atoms with van der Waals surface area (Å²) in [5, 5.41) is 3.55. The lowest BCUT2D eigenvalue weighted by atomic mass is 9.83. The number of piperidine rings is 1. The molecule has 0 radical (unpaired) electrons. The highest BCUT2D eigenvalue weighted by Gasteiger charge is 2.44. The standard InChI is InChI=1S/C23H24FN3O2S/c1-2-17-6-3-4-7-21(17)30(28,29)26-14-11-23(12-15-26)22-8-5-13-27(22)20-10-9-18(24)16-19(20)25-23/h3-10,13,16,25H,2,11-12,14-15H2,1H3. The molecule has 156 valence electrons. The van der Waals surface area contributed by atoms with Gasteiger partial charge in [0.15, 0.2) is 0 Å². The molecule has 0 amide bonds. The maximum Gasteiger partial charge on any atom is 0.243 e. The Hall–Kier alpha value is -2.64. The fourth-order valence-corrected chi connectivity index (χ4v) is 6.53. The number of nitrogens with zero attached hydrogens (tertiary/aromatic N) is 2. The minimum Gasteiger partial charge on any atom is -0.372 e. The summed E-state index contributed by atoms with van der Waals surface area (Å²) in [6, 6.07) is 16.0. The zero-order chi connectivity index (χ0) is 20.9. The summed E-state index contributed by atoms with van der Waals surface area (Å²) in [6.45, 7) is 2.78. The van der Waals surface area contributed by atoms with Crippen LogP contribution in [-0.2, 0) is 22.0 Å². The average molecular weight is 426 g/mol. The first-order chi connectivity index (χ1) is 14.4. The molecule has 1 spiro atoms. The molecule has 1 aromatic heterocycles. The SMILES string of the molecule is CCc1ccccc1S(=O)(=O)N1CCC2(CC1)Nc1cc(F)ccc1-n1cccc12. The Bertz CT molecular complexity index is 1210. The fraction of sp³-hybridized carbons (Fsp3) is 0.304. The molecular weight excluding hydrogens is 401 g/mol. The highest BCUT2D eigenvalue weighted by Crippen LogP contribution is 2.44. The van der Waals surface area contributed by atoms with Crippen LogP contribution in [0.2, 0.25) is 0 Å². The van der Waals surface area contributed by atoms with Crippen molar-refractivity contribution >= 4 is 15.7 Å². The van der Waals surface area contributed by atoms with Gasteiger partial charge < -0.3 is 9.88 Å². The molecule has 0 aliphatic carbocycles. The molecule has 5 rings (SSSR count). The van der Waals surface area contributed by atoms with Crippen LogP contribution in [0.25, 0.3) is 5.69 Å². The van der Waals surface area contributed by atoms with Crippen molar-refractivity contribution < 1.29 is 12.8 Å². The number of halogens is 1. The van der Waals surface area contributed by atoms with Gasteiger partial charge in [-0.25, -0.2) is 12.8 Å². The Balaban J connectivity index is 1.46. The first-order valence-corrected chi connectivity index (χ1v) is 11.7. The fourth-order valence-electron chi connectivity index (χ4n) is 4.80. The lowest BCUT2D eigenvalue weighted by Gasteiger charge is -2.46. The van der Waals surface area contributed by atoms with Crippen LogP contribution in [0.3, 0.4) is 0 Å². The van der Waals surface area contributed by atoms with Gasteiger partial charge in [0.1, 0.15) is 5.82 Å². The maximum absolute atomic E-state index is 13.9. The van der Waals surface area contributed by atoms with Crippen molar-refractivity contribution in [3.8, 4) is 5.69 Å². The number of rotatable bonds is 3. The number of hydrogen-bond donors (Lipinski definition) is 1. The molecule has 0 atom stereocenters. The van der Waals surface area contributed by atoms with E-state index in [4.69, 9.17) is 0 Å². The molecule has 0 saturated carbocycles. The van der Waals surface area contributed by atoms with Gasteiger partial charge in [0.25, 0.3) is 0 Å². The van der Waals surface area contributed by atoms with E-state index in [0.717, 1.165) is 22.6 Å². The zero-order valence-corrected chi connectivity index (χ0v) is 17.6. The van der Waals surface area contributed by atoms with Crippen molar-refractivity contribution in [1.82, 2.24) is 8.87 Å². The second-order valence-corrected chi connectivity index (χ2v) is 9.90. The largest absolute Gasteiger partial charge is 0.372 e. The number of fused-ring (bicyclic) bond motifs is 4. The third kappa shape index (κ3) is 2.87. The normalized spacial score (nSPS) is 17.9. The van der Waals surface area contributed by atoms with Crippen LogP contribution in [-0.4, -0.2) is 30.4 Å². The quantitative estimate of drug-likeness (QED) is 0.681. The number of anilines is 1. The minimum absolute atomic E-state index is 0.289. The third-order valence-corrected chi connectivity index (χ3v) is 8.38. The molecule has 2 aromatic carbocycles. The summed E-state index contributed by atoms with van der Waals surface area (Å²) in [6.07, 6.45) is 3.88. The Morgan fingerprint density at radius 3 is 2.60 bits per heavy atom. The van der Waals surface area contributed by atoms with E-state index in [0.29, 0.717) is 37.2 Å². The molecule has 1 fully saturated rings. The van der Waals surface area contributed by atoms with Crippen molar-refractivity contribution in [2.24, 2.45) is 0 Å². The van der Waals surface area contributed by atoms with Gasteiger partial charge >= 0.3 is 0 Å². The van der Waals surface area contributed by atoms with Gasteiger partial charge in [-0.3, -0.25) is 0 Å². The number of hydrogen-bond acceptors (Lipinski definition) is 3. The predicted molar refractivity (Wildman–Crippen MR) is 115 cm³/mol. The topological polar surface area (TPSA) is 54.3 Å². The van der Waals surface area contributed by atoms with Crippen LogP contribution in [0.1, 0.15) is 31.0 Å². The Labute approximate surface area is 176 Å². The van der Waals surface area contributed by atoms with Crippen LogP contribution < -0.4 is 5.32 Å². The summed E-state index contributed by atoms with van der Waals surface area (Å²) in [5.41, 5.74) is 3.17. The number of nitrogens with one attached hydrogen (secondary N) is 1. The summed E-state index contributed by atoms with van der Waals surface area (Å²) in [5.74, 6) is -0.289. The summed E-state index contributed by atoms with van der Waals surface area (Å²) >= 11 is 0. The first-order valence-electron chi connectivity index (χ1n) is 10.3. The summed E-state index contributed by atoms with van der Waals surface area (Å²) in [4.78, 5) is 0.399. The van der Waals surface area contributed by atoms with Crippen LogP contribution >= 0.6 is 0 Å². The van der Waals surface area contributed by atoms with Gasteiger partial charge in [0.05, 0.1) is 21.8 Å². The first kappa shape index (κ1) is 19.3. The minimum atomic E-state index is -3.55. The van der Waals surface area contributed by atoms with E-state index in [-0.39, 0.29) is 5.82 Å². The van der Waals surface area contributed by atoms with Crippen molar-refractivity contribution in [2.45, 2.75) is 36.6 Å². The van der Waals surface area contributed by atoms with Gasteiger partial charge in [0.2, 0.25) is 10.0 Å². The van der Waals surface area contributed by atoms with Gasteiger partial charge in [-0.2, -0.15) is 4.31 Å². The van der Waals surface area contributed by atoms with Crippen LogP contribution in [0.4, 0.5) is 10.1 Å². The van der Waals surface area contributed by atoms with Crippen LogP contribution in [0, 0.1) is 5.82 Å². The summed E-state index contributed by atoms with van der Waals surface area (Å²) < 4.78 is 44.2. The zero-order valence-electron chi connectivity index (χ0n) is 16.8. The smallest absolute Gasteiger partial charge is 0.243 e. The monoisotopic (exact) mass is 425 g/mol. The highest BCUT2D eigenvalue weighted by atomic mass is 32.2. The van der Waals surface area contributed by atoms with E-state index in [2.05, 4.69) is 16.0 Å². The molecule has 5 nitrogen and oxygen atoms in total. The van der Waals surface area contributed by atoms with Crippen LogP contribution in [0.5, 0.6) is 0 Å². The molecule has 1 saturated heterocycles. The molecule has 7 heteroatoms. The number of benzene rings is 2. The van der Waals surface area contributed by atoms with E-state index in [1.807, 2.05) is 31.3 Å². The average Bonchev–Trinajstić information content (AvgIpc) is 3.25. The van der Waals surface area contributed by atoms with E-state index >= 15 is 0 Å². The second kappa shape index (κ2) is 6.96. The Kier molecular flexibility index (Phi) is 4.48. The Morgan fingerprint density at radius 1 is 1.07 bits per heavy atom. The molecular formula is C23H24FN3O2S. The van der Waals surface area contributed by atoms with Crippen molar-refractivity contribution in [3.05, 3.63) is 77.9 Å². The number of sulfonamides is 1. The summed E-state index contributed by atoms with van der Waals surface area (Å²) in [7, 11) is -3.55. The van der Waals surface area contributed by atoms with E-state index in [1.165, 1.54) is 12.1 Å². The number of aryl methyl sites for hydroxylation is 1. The lowest BCUT2D eigenvalue weighted by molar-refractivity contribution is 0.247. The highest BCUT2D eigenvalue weighted by molar-refractivity contribution is 7.89. The van der Waals surface area contributed by atoms with Gasteiger partial charge in [0, 0.05) is 25.0 Å². The molecule has 30 heavy (non-hydrogen) atoms. The van der Waals surface area contributed by atoms with Gasteiger partial charge in [-0.1, -0.05) is 25.1 Å². The van der Waals surface area contributed by atoms with E-state index < -0.39 is 15.6 Å². The van der Waals surface area contributed by atoms with Gasteiger partial charge in [-0.15, -0.1) is 0 Å². The van der Waals surface area contributed by atoms with Crippen molar-refractivity contribution in [3.63, 3.8) is 0 Å². The van der Waals surface area contributed by atoms with E-state index in [9.17, 15) is 12.8 Å². The lowest BCUT2D eigenvalue weighted by Crippen LogP contribution is -2.51. The number of aromatic nitrogens is 1. The second-order valence-electron chi connectivity index (χ2n) is 8.00. The molecule has 1 N–H and O–H groups in total. The molecule has 0 unspecified atom stereocenters. The maximum atomic E-state index is 13.9. The van der Waals surface area contributed by atoms with Gasteiger partial charge in [-0.05, 0) is 61.2 Å². The molecule has 2 aliphatic rings. The molecule has 3 heterocycles. The molecule has 0 bridgehead atoms. The predicted octanol–water partition coefficient (Wildman–Crippen LogP) is 4.28. The molecule has 2 aliphatic heterocycles. The third-order valence-electron chi connectivity index (χ3n) is 6.38.